The van der Waals surface area contributed by atoms with Crippen LogP contribution in [0.3, 0.4) is 0 Å². The van der Waals surface area contributed by atoms with Gasteiger partial charge in [0, 0.05) is 31.1 Å². The molecule has 134 valence electrons. The van der Waals surface area contributed by atoms with E-state index in [0.717, 1.165) is 10.9 Å². The summed E-state index contributed by atoms with van der Waals surface area (Å²) in [5.41, 5.74) is 2.86. The molecule has 0 radical (unpaired) electrons. The second-order valence-electron chi connectivity index (χ2n) is 6.04. The number of rotatable bonds is 6. The first-order valence-corrected chi connectivity index (χ1v) is 8.55. The molecule has 1 heterocycles. The first-order chi connectivity index (χ1) is 12.6. The third-order valence-corrected chi connectivity index (χ3v) is 4.26. The van der Waals surface area contributed by atoms with Gasteiger partial charge in [-0.25, -0.2) is 0 Å². The predicted octanol–water partition coefficient (Wildman–Crippen LogP) is 3.38. The minimum absolute atomic E-state index is 0.00250. The Hall–Kier alpha value is -3.15. The third-order valence-electron chi connectivity index (χ3n) is 4.26. The van der Waals surface area contributed by atoms with E-state index in [1.807, 2.05) is 55.5 Å². The zero-order valence-corrected chi connectivity index (χ0v) is 14.9. The molecule has 0 aliphatic rings. The topological polar surface area (TPSA) is 75.4 Å². The van der Waals surface area contributed by atoms with Crippen LogP contribution >= 0.6 is 0 Å². The number of carbonyl (C=O) groups excluding carboxylic acids is 2. The summed E-state index contributed by atoms with van der Waals surface area (Å²) in [6.45, 7) is 4.54. The molecule has 0 aliphatic heterocycles. The molecule has 3 rings (SSSR count). The Morgan fingerprint density at radius 2 is 1.85 bits per heavy atom. The summed E-state index contributed by atoms with van der Waals surface area (Å²) in [5.74, 6) is -0.176. The molecule has 3 aromatic rings. The van der Waals surface area contributed by atoms with Crippen LogP contribution < -0.4 is 5.32 Å². The van der Waals surface area contributed by atoms with Crippen LogP contribution in [0.2, 0.25) is 0 Å². The van der Waals surface area contributed by atoms with Crippen molar-refractivity contribution in [3.8, 4) is 0 Å². The van der Waals surface area contributed by atoms with Crippen molar-refractivity contribution in [3.05, 3.63) is 59.8 Å². The molecule has 2 aromatic carbocycles. The van der Waals surface area contributed by atoms with Crippen molar-refractivity contribution in [1.82, 2.24) is 10.1 Å². The van der Waals surface area contributed by atoms with Crippen molar-refractivity contribution in [1.29, 1.82) is 0 Å². The molecule has 1 aromatic heterocycles. The highest BCUT2D eigenvalue weighted by Crippen LogP contribution is 2.20. The predicted molar refractivity (Wildman–Crippen MR) is 99.5 cm³/mol. The van der Waals surface area contributed by atoms with Crippen LogP contribution in [0, 0.1) is 0 Å². The lowest BCUT2D eigenvalue weighted by atomic mass is 10.1. The van der Waals surface area contributed by atoms with Crippen LogP contribution in [0.15, 0.2) is 53.1 Å². The summed E-state index contributed by atoms with van der Waals surface area (Å²) >= 11 is 0. The molecule has 1 N–H and O–H groups in total. The van der Waals surface area contributed by atoms with Crippen LogP contribution in [-0.4, -0.2) is 28.4 Å². The van der Waals surface area contributed by atoms with Gasteiger partial charge in [0.1, 0.15) is 5.69 Å². The number of para-hydroxylation sites is 2. The zero-order valence-electron chi connectivity index (χ0n) is 14.9. The van der Waals surface area contributed by atoms with Crippen LogP contribution in [-0.2, 0) is 22.6 Å². The molecule has 0 unspecified atom stereocenters. The van der Waals surface area contributed by atoms with Gasteiger partial charge in [0.2, 0.25) is 11.8 Å². The number of benzene rings is 2. The van der Waals surface area contributed by atoms with Gasteiger partial charge < -0.3 is 14.7 Å². The van der Waals surface area contributed by atoms with Crippen molar-refractivity contribution in [2.24, 2.45) is 0 Å². The summed E-state index contributed by atoms with van der Waals surface area (Å²) in [6, 6.07) is 14.9. The first kappa shape index (κ1) is 17.7. The highest BCUT2D eigenvalue weighted by atomic mass is 16.5. The fourth-order valence-electron chi connectivity index (χ4n) is 2.84. The number of fused-ring (bicyclic) bond motifs is 1. The highest BCUT2D eigenvalue weighted by molar-refractivity contribution is 5.95. The molecule has 0 saturated carbocycles. The number of nitrogens with one attached hydrogen (secondary N) is 1. The van der Waals surface area contributed by atoms with Crippen LogP contribution in [0.4, 0.5) is 5.69 Å². The van der Waals surface area contributed by atoms with E-state index in [1.54, 1.807) is 11.8 Å². The summed E-state index contributed by atoms with van der Waals surface area (Å²) in [6.07, 6.45) is 0.121. The van der Waals surface area contributed by atoms with Gasteiger partial charge in [-0.1, -0.05) is 35.5 Å². The van der Waals surface area contributed by atoms with E-state index in [-0.39, 0.29) is 18.2 Å². The standard InChI is InChI=1S/C20H21N3O3/c1-3-23(14(2)24)13-15-8-4-6-10-17(15)21-20(25)12-18-16-9-5-7-11-19(16)26-22-18/h4-11H,3,12-13H2,1-2H3,(H,21,25). The van der Waals surface area contributed by atoms with E-state index in [9.17, 15) is 9.59 Å². The number of nitrogens with zero attached hydrogens (tertiary/aromatic N) is 2. The number of hydrogen-bond donors (Lipinski definition) is 1. The SMILES string of the molecule is CCN(Cc1ccccc1NC(=O)Cc1noc2ccccc12)C(C)=O. The molecule has 2 amide bonds. The van der Waals surface area contributed by atoms with E-state index in [1.165, 1.54) is 0 Å². The largest absolute Gasteiger partial charge is 0.356 e. The Kier molecular flexibility index (Phi) is 5.31. The summed E-state index contributed by atoms with van der Waals surface area (Å²) in [4.78, 5) is 25.9. The zero-order chi connectivity index (χ0) is 18.5. The molecule has 26 heavy (non-hydrogen) atoms. The van der Waals surface area contributed by atoms with Gasteiger partial charge in [-0.3, -0.25) is 9.59 Å². The van der Waals surface area contributed by atoms with Gasteiger partial charge in [0.05, 0.1) is 6.42 Å². The Bertz CT molecular complexity index is 933. The Labute approximate surface area is 151 Å². The van der Waals surface area contributed by atoms with Crippen molar-refractivity contribution in [3.63, 3.8) is 0 Å². The number of carbonyl (C=O) groups is 2. The smallest absolute Gasteiger partial charge is 0.230 e. The van der Waals surface area contributed by atoms with E-state index < -0.39 is 0 Å². The van der Waals surface area contributed by atoms with E-state index in [2.05, 4.69) is 10.5 Å². The number of aromatic nitrogens is 1. The first-order valence-electron chi connectivity index (χ1n) is 8.55. The minimum Gasteiger partial charge on any atom is -0.356 e. The van der Waals surface area contributed by atoms with Gasteiger partial charge in [-0.05, 0) is 30.7 Å². The van der Waals surface area contributed by atoms with Crippen molar-refractivity contribution < 1.29 is 14.1 Å². The lowest BCUT2D eigenvalue weighted by molar-refractivity contribution is -0.129. The van der Waals surface area contributed by atoms with Crippen LogP contribution in [0.5, 0.6) is 0 Å². The fourth-order valence-corrected chi connectivity index (χ4v) is 2.84. The summed E-state index contributed by atoms with van der Waals surface area (Å²) in [7, 11) is 0. The molecule has 0 saturated heterocycles. The average molecular weight is 351 g/mol. The van der Waals surface area contributed by atoms with Gasteiger partial charge >= 0.3 is 0 Å². The van der Waals surface area contributed by atoms with Gasteiger partial charge in [-0.15, -0.1) is 0 Å². The van der Waals surface area contributed by atoms with E-state index in [0.29, 0.717) is 30.1 Å². The minimum atomic E-state index is -0.178. The average Bonchev–Trinajstić information content (AvgIpc) is 3.03. The number of amides is 2. The third kappa shape index (κ3) is 3.91. The monoisotopic (exact) mass is 351 g/mol. The van der Waals surface area contributed by atoms with Crippen LogP contribution in [0.25, 0.3) is 11.0 Å². The summed E-state index contributed by atoms with van der Waals surface area (Å²) < 4.78 is 5.24. The van der Waals surface area contributed by atoms with Crippen LogP contribution in [0.1, 0.15) is 25.1 Å². The normalized spacial score (nSPS) is 10.7. The lowest BCUT2D eigenvalue weighted by Crippen LogP contribution is -2.28. The Morgan fingerprint density at radius 1 is 1.12 bits per heavy atom. The van der Waals surface area contributed by atoms with E-state index in [4.69, 9.17) is 4.52 Å². The quantitative estimate of drug-likeness (QED) is 0.739. The second-order valence-corrected chi connectivity index (χ2v) is 6.04. The van der Waals surface area contributed by atoms with Gasteiger partial charge in [0.25, 0.3) is 0 Å². The molecule has 6 heteroatoms. The molecule has 6 nitrogen and oxygen atoms in total. The summed E-state index contributed by atoms with van der Waals surface area (Å²) in [5, 5.41) is 7.76. The molecule has 0 fully saturated rings. The Morgan fingerprint density at radius 3 is 2.62 bits per heavy atom. The van der Waals surface area contributed by atoms with Crippen molar-refractivity contribution in [2.45, 2.75) is 26.8 Å². The second kappa shape index (κ2) is 7.82. The molecular weight excluding hydrogens is 330 g/mol. The lowest BCUT2D eigenvalue weighted by Gasteiger charge is -2.21. The maximum atomic E-state index is 12.5. The number of hydrogen-bond acceptors (Lipinski definition) is 4. The molecule has 0 bridgehead atoms. The maximum Gasteiger partial charge on any atom is 0.230 e. The van der Waals surface area contributed by atoms with Crippen molar-refractivity contribution >= 4 is 28.5 Å². The molecule has 0 spiro atoms. The highest BCUT2D eigenvalue weighted by Gasteiger charge is 2.15. The molecule has 0 atom stereocenters. The van der Waals surface area contributed by atoms with Gasteiger partial charge in [-0.2, -0.15) is 0 Å². The fraction of sp³-hybridized carbons (Fsp3) is 0.250. The Balaban J connectivity index is 1.74. The number of anilines is 1. The van der Waals surface area contributed by atoms with Crippen molar-refractivity contribution in [2.75, 3.05) is 11.9 Å². The van der Waals surface area contributed by atoms with E-state index >= 15 is 0 Å². The molecular formula is C20H21N3O3. The molecule has 0 aliphatic carbocycles. The maximum absolute atomic E-state index is 12.5. The van der Waals surface area contributed by atoms with Gasteiger partial charge in [0.15, 0.2) is 5.58 Å².